The smallest absolute Gasteiger partial charge is 0.408 e. The number of carboxylic acid groups (broad SMARTS) is 1. The van der Waals surface area contributed by atoms with Crippen LogP contribution in [0.1, 0.15) is 54.0 Å². The van der Waals surface area contributed by atoms with Crippen molar-refractivity contribution in [3.05, 3.63) is 34.1 Å². The largest absolute Gasteiger partial charge is 0.480 e. The van der Waals surface area contributed by atoms with Gasteiger partial charge in [-0.1, -0.05) is 49.7 Å². The molecule has 1 aromatic rings. The van der Waals surface area contributed by atoms with E-state index in [1.54, 1.807) is 26.8 Å². The predicted octanol–water partition coefficient (Wildman–Crippen LogP) is 5.16. The second-order valence-electron chi connectivity index (χ2n) is 5.48. The molecule has 0 saturated heterocycles. The summed E-state index contributed by atoms with van der Waals surface area (Å²) in [6.07, 6.45) is -1.03. The average molecular weight is 422 g/mol. The number of ether oxygens (including phenoxy) is 1. The summed E-state index contributed by atoms with van der Waals surface area (Å²) in [4.78, 5) is 22.8. The molecular weight excluding hydrogens is 393 g/mol. The Morgan fingerprint density at radius 2 is 1.76 bits per heavy atom. The Bertz CT molecular complexity index is 544. The zero-order valence-electron chi connectivity index (χ0n) is 15.9. The van der Waals surface area contributed by atoms with Gasteiger partial charge in [-0.05, 0) is 38.5 Å². The van der Waals surface area contributed by atoms with Crippen molar-refractivity contribution in [2.75, 3.05) is 0 Å². The lowest BCUT2D eigenvalue weighted by Crippen LogP contribution is -2.44. The number of halogens is 2. The fourth-order valence-electron chi connectivity index (χ4n) is 1.56. The lowest BCUT2D eigenvalue weighted by atomic mass is 10.1. The van der Waals surface area contributed by atoms with E-state index in [-0.39, 0.29) is 12.0 Å². The van der Waals surface area contributed by atoms with Gasteiger partial charge in [-0.25, -0.2) is 14.0 Å². The van der Waals surface area contributed by atoms with E-state index in [4.69, 9.17) is 9.84 Å². The first-order valence-corrected chi connectivity index (χ1v) is 9.04. The number of rotatable bonds is 4. The molecule has 0 aliphatic rings. The first kappa shape index (κ1) is 25.6. The van der Waals surface area contributed by atoms with Gasteiger partial charge < -0.3 is 15.2 Å². The molecule has 0 bridgehead atoms. The predicted molar refractivity (Wildman–Crippen MR) is 101 cm³/mol. The zero-order valence-corrected chi connectivity index (χ0v) is 17.5. The normalized spacial score (nSPS) is 11.1. The SMILES string of the molecule is CC.CC.CC(C)(C)OC(=O)N[C@@H](Cc1ccc(Br)cc1F)C(=O)O. The van der Waals surface area contributed by atoms with Crippen LogP contribution in [-0.4, -0.2) is 28.8 Å². The van der Waals surface area contributed by atoms with Gasteiger partial charge in [-0.2, -0.15) is 0 Å². The summed E-state index contributed by atoms with van der Waals surface area (Å²) in [6.45, 7) is 13.0. The molecule has 0 unspecified atom stereocenters. The van der Waals surface area contributed by atoms with Crippen molar-refractivity contribution in [1.29, 1.82) is 0 Å². The minimum Gasteiger partial charge on any atom is -0.480 e. The highest BCUT2D eigenvalue weighted by Crippen LogP contribution is 2.17. The van der Waals surface area contributed by atoms with Crippen molar-refractivity contribution in [2.45, 2.75) is 66.5 Å². The van der Waals surface area contributed by atoms with Gasteiger partial charge in [0.15, 0.2) is 0 Å². The van der Waals surface area contributed by atoms with E-state index in [0.717, 1.165) is 0 Å². The van der Waals surface area contributed by atoms with Gasteiger partial charge in [0.05, 0.1) is 0 Å². The Kier molecular flexibility index (Phi) is 13.0. The Morgan fingerprint density at radius 1 is 1.24 bits per heavy atom. The van der Waals surface area contributed by atoms with Crippen LogP contribution in [0.2, 0.25) is 0 Å². The highest BCUT2D eigenvalue weighted by Gasteiger charge is 2.25. The van der Waals surface area contributed by atoms with Crippen LogP contribution in [-0.2, 0) is 16.0 Å². The lowest BCUT2D eigenvalue weighted by Gasteiger charge is -2.22. The molecule has 0 aromatic heterocycles. The van der Waals surface area contributed by atoms with E-state index >= 15 is 0 Å². The van der Waals surface area contributed by atoms with Crippen LogP contribution in [0.25, 0.3) is 0 Å². The second-order valence-corrected chi connectivity index (χ2v) is 6.39. The molecule has 0 aliphatic carbocycles. The molecule has 1 aromatic carbocycles. The van der Waals surface area contributed by atoms with Crippen LogP contribution in [0.15, 0.2) is 22.7 Å². The monoisotopic (exact) mass is 421 g/mol. The first-order chi connectivity index (χ1) is 11.6. The molecule has 2 N–H and O–H groups in total. The van der Waals surface area contributed by atoms with Gasteiger partial charge in [0.25, 0.3) is 0 Å². The van der Waals surface area contributed by atoms with Crippen LogP contribution in [0.3, 0.4) is 0 Å². The van der Waals surface area contributed by atoms with Crippen molar-refractivity contribution in [3.8, 4) is 0 Å². The minimum absolute atomic E-state index is 0.173. The van der Waals surface area contributed by atoms with Gasteiger partial charge in [0.1, 0.15) is 17.5 Å². The maximum atomic E-state index is 13.7. The third-order valence-corrected chi connectivity index (χ3v) is 2.92. The first-order valence-electron chi connectivity index (χ1n) is 8.25. The summed E-state index contributed by atoms with van der Waals surface area (Å²) in [5.41, 5.74) is -0.544. The number of hydrogen-bond donors (Lipinski definition) is 2. The molecule has 1 atom stereocenters. The molecule has 1 rings (SSSR count). The Hall–Kier alpha value is -1.63. The van der Waals surface area contributed by atoms with Crippen LogP contribution in [0, 0.1) is 5.82 Å². The fraction of sp³-hybridized carbons (Fsp3) is 0.556. The molecule has 7 heteroatoms. The summed E-state index contributed by atoms with van der Waals surface area (Å²) in [6, 6.07) is 3.04. The molecule has 0 aliphatic heterocycles. The van der Waals surface area contributed by atoms with Gasteiger partial charge in [-0.15, -0.1) is 0 Å². The molecule has 1 amide bonds. The van der Waals surface area contributed by atoms with Crippen LogP contribution < -0.4 is 5.32 Å². The molecule has 0 spiro atoms. The average Bonchev–Trinajstić information content (AvgIpc) is 2.51. The molecular formula is C18H29BrFNO4. The fourth-order valence-corrected chi connectivity index (χ4v) is 1.89. The van der Waals surface area contributed by atoms with Gasteiger partial charge in [0.2, 0.25) is 0 Å². The summed E-state index contributed by atoms with van der Waals surface area (Å²) in [5, 5.41) is 11.3. The molecule has 0 heterocycles. The Morgan fingerprint density at radius 3 is 2.16 bits per heavy atom. The molecule has 0 saturated carbocycles. The molecule has 5 nitrogen and oxygen atoms in total. The van der Waals surface area contributed by atoms with E-state index in [2.05, 4.69) is 21.2 Å². The van der Waals surface area contributed by atoms with Crippen molar-refractivity contribution in [1.82, 2.24) is 5.32 Å². The van der Waals surface area contributed by atoms with Crippen molar-refractivity contribution < 1.29 is 23.8 Å². The number of amides is 1. The maximum absolute atomic E-state index is 13.7. The van der Waals surface area contributed by atoms with E-state index in [1.165, 1.54) is 12.1 Å². The number of benzene rings is 1. The topological polar surface area (TPSA) is 75.6 Å². The minimum atomic E-state index is -1.27. The Balaban J connectivity index is 0. The van der Waals surface area contributed by atoms with Crippen LogP contribution in [0.4, 0.5) is 9.18 Å². The quantitative estimate of drug-likeness (QED) is 0.703. The van der Waals surface area contributed by atoms with Crippen molar-refractivity contribution >= 4 is 28.0 Å². The highest BCUT2D eigenvalue weighted by atomic mass is 79.9. The van der Waals surface area contributed by atoms with Crippen molar-refractivity contribution in [2.24, 2.45) is 0 Å². The number of hydrogen-bond acceptors (Lipinski definition) is 3. The highest BCUT2D eigenvalue weighted by molar-refractivity contribution is 9.10. The van der Waals surface area contributed by atoms with Gasteiger partial charge in [-0.3, -0.25) is 0 Å². The third-order valence-electron chi connectivity index (χ3n) is 2.43. The summed E-state index contributed by atoms with van der Waals surface area (Å²) >= 11 is 3.12. The zero-order chi connectivity index (χ0) is 20.2. The van der Waals surface area contributed by atoms with Crippen LogP contribution >= 0.6 is 15.9 Å². The number of carbonyl (C=O) groups excluding carboxylic acids is 1. The number of carboxylic acids is 1. The molecule has 25 heavy (non-hydrogen) atoms. The van der Waals surface area contributed by atoms with Gasteiger partial charge in [0, 0.05) is 10.9 Å². The van der Waals surface area contributed by atoms with Crippen molar-refractivity contribution in [3.63, 3.8) is 0 Å². The molecule has 144 valence electrons. The standard InChI is InChI=1S/C14H17BrFNO4.2C2H6/c1-14(2,3)21-13(20)17-11(12(18)19)6-8-4-5-9(15)7-10(8)16;2*1-2/h4-5,7,11H,6H2,1-3H3,(H,17,20)(H,18,19);2*1-2H3/t11-;;/m0../s1. The van der Waals surface area contributed by atoms with Gasteiger partial charge >= 0.3 is 12.1 Å². The second kappa shape index (κ2) is 12.7. The summed E-state index contributed by atoms with van der Waals surface area (Å²) < 4.78 is 19.3. The van der Waals surface area contributed by atoms with E-state index in [0.29, 0.717) is 4.47 Å². The van der Waals surface area contributed by atoms with E-state index in [9.17, 15) is 14.0 Å². The third kappa shape index (κ3) is 11.5. The molecule has 0 fully saturated rings. The summed E-state index contributed by atoms with van der Waals surface area (Å²) in [7, 11) is 0. The van der Waals surface area contributed by atoms with Crippen LogP contribution in [0.5, 0.6) is 0 Å². The number of carbonyl (C=O) groups is 2. The Labute approximate surface area is 158 Å². The number of nitrogens with one attached hydrogen (secondary N) is 1. The molecule has 0 radical (unpaired) electrons. The van der Waals surface area contributed by atoms with E-state index < -0.39 is 29.5 Å². The lowest BCUT2D eigenvalue weighted by molar-refractivity contribution is -0.139. The van der Waals surface area contributed by atoms with E-state index in [1.807, 2.05) is 27.7 Å². The number of aliphatic carboxylic acids is 1. The summed E-state index contributed by atoms with van der Waals surface area (Å²) in [5.74, 6) is -1.80. The number of alkyl carbamates (subject to hydrolysis) is 1. The maximum Gasteiger partial charge on any atom is 0.408 e.